The molecule has 26 heavy (non-hydrogen) atoms. The Balaban J connectivity index is 2.81. The first-order valence-electron chi connectivity index (χ1n) is 7.56. The van der Waals surface area contributed by atoms with Gasteiger partial charge in [-0.25, -0.2) is 9.79 Å². The molecule has 1 heterocycles. The molecule has 1 aromatic rings. The van der Waals surface area contributed by atoms with Crippen molar-refractivity contribution in [2.24, 2.45) is 10.7 Å². The lowest BCUT2D eigenvalue weighted by Gasteiger charge is -2.25. The number of nitrogens with zero attached hydrogens (tertiary/aromatic N) is 3. The number of rotatable bonds is 8. The van der Waals surface area contributed by atoms with Crippen LogP contribution in [0, 0.1) is 0 Å². The van der Waals surface area contributed by atoms with Crippen molar-refractivity contribution in [1.82, 2.24) is 9.88 Å². The molecule has 0 aliphatic heterocycles. The van der Waals surface area contributed by atoms with E-state index in [1.165, 1.54) is 18.2 Å². The number of aliphatic hydroxyl groups excluding tert-OH is 1. The summed E-state index contributed by atoms with van der Waals surface area (Å²) in [6.07, 6.45) is 4.96. The van der Waals surface area contributed by atoms with Crippen LogP contribution in [0.2, 0.25) is 0 Å². The van der Waals surface area contributed by atoms with E-state index in [-0.39, 0.29) is 43.7 Å². The average molecular weight is 407 g/mol. The van der Waals surface area contributed by atoms with Gasteiger partial charge in [0.15, 0.2) is 5.96 Å². The molecular formula is C15H26N4O5S2. The van der Waals surface area contributed by atoms with Crippen LogP contribution in [0.1, 0.15) is 16.8 Å². The molecule has 148 valence electrons. The van der Waals surface area contributed by atoms with Gasteiger partial charge in [0.05, 0.1) is 19.8 Å². The normalized spacial score (nSPS) is 12.8. The lowest BCUT2D eigenvalue weighted by molar-refractivity contribution is -0.133. The van der Waals surface area contributed by atoms with Crippen LogP contribution in [-0.4, -0.2) is 65.2 Å². The second-order valence-electron chi connectivity index (χ2n) is 5.82. The number of nitrogens with two attached hydrogens (primary N) is 1. The summed E-state index contributed by atoms with van der Waals surface area (Å²) in [6.45, 7) is -0.232. The summed E-state index contributed by atoms with van der Waals surface area (Å²) < 4.78 is 10.2. The molecule has 0 saturated carbocycles. The monoisotopic (exact) mass is 406 g/mol. The van der Waals surface area contributed by atoms with Crippen LogP contribution in [0.3, 0.4) is 0 Å². The summed E-state index contributed by atoms with van der Waals surface area (Å²) in [7, 11) is 1.39. The number of ether oxygens (including phenoxy) is 1. The highest BCUT2D eigenvalue weighted by molar-refractivity contribution is 8.85. The first-order valence-corrected chi connectivity index (χ1v) is 11.0. The van der Waals surface area contributed by atoms with Crippen molar-refractivity contribution >= 4 is 32.9 Å². The third-order valence-electron chi connectivity index (χ3n) is 3.23. The average Bonchev–Trinajstić information content (AvgIpc) is 2.52. The Labute approximate surface area is 159 Å². The summed E-state index contributed by atoms with van der Waals surface area (Å²) in [4.78, 5) is 21.5. The molecule has 0 aliphatic rings. The number of carbonyl (C=O) groups excluding carboxylic acids is 1. The zero-order valence-corrected chi connectivity index (χ0v) is 17.0. The number of aromatic nitrogens is 1. The molecule has 0 atom stereocenters. The molecule has 11 heteroatoms. The molecule has 0 spiro atoms. The fourth-order valence-electron chi connectivity index (χ4n) is 2.00. The van der Waals surface area contributed by atoms with Crippen molar-refractivity contribution in [2.75, 3.05) is 33.2 Å². The standard InChI is InChI=1S/C15H26N4O5S2/c1-19(7-13(21)24-26(3,4)25)15(16)18-6-12-14(22)11(8-20)10(5-17-12)9-23-2/h5,20,22,25H,6-9H2,1-4H3,(H2,16,18). The van der Waals surface area contributed by atoms with Gasteiger partial charge in [-0.2, -0.15) is 0 Å². The molecule has 0 radical (unpaired) electrons. The number of aromatic hydroxyl groups is 1. The minimum Gasteiger partial charge on any atom is -0.506 e. The fourth-order valence-corrected chi connectivity index (χ4v) is 2.76. The van der Waals surface area contributed by atoms with Crippen LogP contribution in [0.25, 0.3) is 0 Å². The Bertz CT molecular complexity index is 664. The Morgan fingerprint density at radius 1 is 1.50 bits per heavy atom. The second-order valence-corrected chi connectivity index (χ2v) is 11.0. The van der Waals surface area contributed by atoms with Crippen LogP contribution in [-0.2, 0) is 33.5 Å². The Kier molecular flexibility index (Phi) is 8.47. The van der Waals surface area contributed by atoms with Crippen LogP contribution in [0.15, 0.2) is 11.2 Å². The number of methoxy groups -OCH3 is 1. The molecule has 0 amide bonds. The van der Waals surface area contributed by atoms with Gasteiger partial charge in [-0.3, -0.25) is 4.98 Å². The van der Waals surface area contributed by atoms with Gasteiger partial charge in [-0.05, 0) is 9.34 Å². The molecule has 0 unspecified atom stereocenters. The van der Waals surface area contributed by atoms with Crippen molar-refractivity contribution in [2.45, 2.75) is 19.8 Å². The van der Waals surface area contributed by atoms with E-state index < -0.39 is 15.3 Å². The number of thiol groups is 1. The number of hydrogen-bond acceptors (Lipinski definition) is 8. The summed E-state index contributed by atoms with van der Waals surface area (Å²) in [5.74, 6) is -0.532. The van der Waals surface area contributed by atoms with Gasteiger partial charge in [0.1, 0.15) is 18.0 Å². The summed E-state index contributed by atoms with van der Waals surface area (Å²) in [5, 5.41) is 19.7. The Morgan fingerprint density at radius 3 is 2.69 bits per heavy atom. The van der Waals surface area contributed by atoms with E-state index in [9.17, 15) is 15.0 Å². The van der Waals surface area contributed by atoms with Crippen LogP contribution in [0.5, 0.6) is 5.75 Å². The van der Waals surface area contributed by atoms with Crippen molar-refractivity contribution in [3.63, 3.8) is 0 Å². The van der Waals surface area contributed by atoms with E-state index in [2.05, 4.69) is 21.6 Å². The minimum absolute atomic E-state index is 0.0133. The number of guanidine groups is 1. The molecule has 0 aromatic carbocycles. The van der Waals surface area contributed by atoms with Gasteiger partial charge in [0, 0.05) is 44.0 Å². The molecule has 1 aromatic heterocycles. The lowest BCUT2D eigenvalue weighted by atomic mass is 10.1. The van der Waals surface area contributed by atoms with E-state index in [1.807, 2.05) is 0 Å². The highest BCUT2D eigenvalue weighted by Gasteiger charge is 2.17. The minimum atomic E-state index is -1.71. The zero-order chi connectivity index (χ0) is 19.9. The predicted molar refractivity (Wildman–Crippen MR) is 105 cm³/mol. The summed E-state index contributed by atoms with van der Waals surface area (Å²) in [6, 6.07) is 0. The third kappa shape index (κ3) is 6.90. The van der Waals surface area contributed by atoms with E-state index in [1.54, 1.807) is 19.6 Å². The van der Waals surface area contributed by atoms with Crippen molar-refractivity contribution in [1.29, 1.82) is 0 Å². The van der Waals surface area contributed by atoms with Gasteiger partial charge in [-0.1, -0.05) is 11.7 Å². The fraction of sp³-hybridized carbons (Fsp3) is 0.533. The number of aliphatic imine (C=N–C) groups is 1. The first-order chi connectivity index (χ1) is 12.1. The van der Waals surface area contributed by atoms with Gasteiger partial charge in [0.2, 0.25) is 0 Å². The van der Waals surface area contributed by atoms with Gasteiger partial charge in [-0.15, -0.1) is 0 Å². The number of likely N-dealkylation sites (N-methyl/N-ethyl adjacent to an activating group) is 1. The molecule has 0 bridgehead atoms. The summed E-state index contributed by atoms with van der Waals surface area (Å²) in [5.41, 5.74) is 7.03. The Morgan fingerprint density at radius 2 is 2.15 bits per heavy atom. The number of carbonyl (C=O) groups is 1. The maximum Gasteiger partial charge on any atom is 0.336 e. The quantitative estimate of drug-likeness (QED) is 0.213. The first kappa shape index (κ1) is 22.4. The van der Waals surface area contributed by atoms with Gasteiger partial charge >= 0.3 is 5.97 Å². The zero-order valence-electron chi connectivity index (χ0n) is 15.3. The van der Waals surface area contributed by atoms with Crippen molar-refractivity contribution in [3.05, 3.63) is 23.0 Å². The predicted octanol–water partition coefficient (Wildman–Crippen LogP) is 0.540. The molecule has 0 saturated heterocycles. The molecule has 0 fully saturated rings. The largest absolute Gasteiger partial charge is 0.506 e. The van der Waals surface area contributed by atoms with Crippen LogP contribution in [0.4, 0.5) is 0 Å². The van der Waals surface area contributed by atoms with Crippen LogP contribution < -0.4 is 5.73 Å². The second kappa shape index (κ2) is 9.86. The molecule has 9 nitrogen and oxygen atoms in total. The highest BCUT2D eigenvalue weighted by atomic mass is 33.1. The molecular weight excluding hydrogens is 380 g/mol. The third-order valence-corrected chi connectivity index (χ3v) is 4.04. The number of aliphatic hydroxyl groups is 1. The number of hydrogen-bond donors (Lipinski definition) is 4. The highest BCUT2D eigenvalue weighted by Crippen LogP contribution is 2.45. The number of pyridine rings is 1. The van der Waals surface area contributed by atoms with Crippen LogP contribution >= 0.6 is 21.0 Å². The van der Waals surface area contributed by atoms with E-state index in [0.29, 0.717) is 11.1 Å². The molecule has 1 rings (SSSR count). The van der Waals surface area contributed by atoms with Crippen molar-refractivity contribution < 1.29 is 23.9 Å². The lowest BCUT2D eigenvalue weighted by Crippen LogP contribution is -2.38. The van der Waals surface area contributed by atoms with E-state index in [4.69, 9.17) is 14.7 Å². The van der Waals surface area contributed by atoms with Gasteiger partial charge in [0.25, 0.3) is 0 Å². The van der Waals surface area contributed by atoms with E-state index >= 15 is 0 Å². The van der Waals surface area contributed by atoms with Crippen molar-refractivity contribution in [3.8, 4) is 5.75 Å². The molecule has 4 N–H and O–H groups in total. The molecule has 0 aliphatic carbocycles. The smallest absolute Gasteiger partial charge is 0.336 e. The topological polar surface area (TPSA) is 130 Å². The SMILES string of the molecule is COCc1cnc(CN=C(N)N(C)CC(=O)OS(C)(C)S)c(O)c1CO. The maximum absolute atomic E-state index is 11.8. The Hall–Kier alpha value is -1.69. The van der Waals surface area contributed by atoms with E-state index in [0.717, 1.165) is 0 Å². The maximum atomic E-state index is 11.8. The summed E-state index contributed by atoms with van der Waals surface area (Å²) >= 11 is 4.21. The van der Waals surface area contributed by atoms with Gasteiger partial charge < -0.3 is 29.8 Å².